The zero-order valence-corrected chi connectivity index (χ0v) is 25.2. The molecule has 3 aliphatic rings. The Balaban J connectivity index is 1.30. The second kappa shape index (κ2) is 11.0. The highest BCUT2D eigenvalue weighted by Gasteiger charge is 2.41. The van der Waals surface area contributed by atoms with E-state index in [2.05, 4.69) is 37.2 Å². The summed E-state index contributed by atoms with van der Waals surface area (Å²) in [6, 6.07) is 8.07. The van der Waals surface area contributed by atoms with E-state index in [9.17, 15) is 23.5 Å². The molecular weight excluding hydrogens is 638 g/mol. The monoisotopic (exact) mass is 666 g/mol. The third-order valence-electron chi connectivity index (χ3n) is 8.96. The SMILES string of the molecule is C=CC(=O)N1CCc2nn(-c3ccc(C4CCC4)cc3O)c3c2C(C1)N(C(=O)c1ccc(Br)c2[nH]c(OC(F)F)nc12)CC3. The molecule has 7 rings (SSSR count). The predicted molar refractivity (Wildman–Crippen MR) is 160 cm³/mol. The number of phenolic OH excluding ortho intramolecular Hbond substituents is 1. The maximum atomic E-state index is 14.3. The summed E-state index contributed by atoms with van der Waals surface area (Å²) in [4.78, 5) is 37.3. The van der Waals surface area contributed by atoms with Gasteiger partial charge in [0.1, 0.15) is 17.0 Å². The number of aromatic amines is 1. The fourth-order valence-corrected chi connectivity index (χ4v) is 7.01. The van der Waals surface area contributed by atoms with E-state index in [0.29, 0.717) is 47.5 Å². The van der Waals surface area contributed by atoms with Crippen LogP contribution >= 0.6 is 15.9 Å². The molecule has 13 heteroatoms. The molecule has 228 valence electrons. The maximum absolute atomic E-state index is 14.3. The van der Waals surface area contributed by atoms with Crippen LogP contribution in [0.25, 0.3) is 16.7 Å². The second-order valence-electron chi connectivity index (χ2n) is 11.3. The molecule has 2 amide bonds. The van der Waals surface area contributed by atoms with Gasteiger partial charge in [0.25, 0.3) is 11.9 Å². The van der Waals surface area contributed by atoms with Crippen molar-refractivity contribution in [2.75, 3.05) is 19.6 Å². The summed E-state index contributed by atoms with van der Waals surface area (Å²) < 4.78 is 32.7. The van der Waals surface area contributed by atoms with E-state index in [1.165, 1.54) is 12.5 Å². The van der Waals surface area contributed by atoms with Crippen LogP contribution in [0.15, 0.2) is 47.5 Å². The molecule has 0 bridgehead atoms. The van der Waals surface area contributed by atoms with Crippen LogP contribution in [0.5, 0.6) is 11.8 Å². The molecule has 0 radical (unpaired) electrons. The Hall–Kier alpha value is -4.26. The van der Waals surface area contributed by atoms with Crippen molar-refractivity contribution in [1.29, 1.82) is 0 Å². The minimum absolute atomic E-state index is 0.152. The number of halogens is 3. The smallest absolute Gasteiger partial charge is 0.389 e. The lowest BCUT2D eigenvalue weighted by Gasteiger charge is -2.38. The number of hydrogen-bond donors (Lipinski definition) is 2. The number of nitrogens with zero attached hydrogens (tertiary/aromatic N) is 5. The van der Waals surface area contributed by atoms with E-state index in [-0.39, 0.29) is 35.2 Å². The molecule has 44 heavy (non-hydrogen) atoms. The van der Waals surface area contributed by atoms with Gasteiger partial charge in [-0.3, -0.25) is 9.59 Å². The van der Waals surface area contributed by atoms with Gasteiger partial charge in [0.15, 0.2) is 0 Å². The minimum Gasteiger partial charge on any atom is -0.506 e. The van der Waals surface area contributed by atoms with Crippen LogP contribution in [0.3, 0.4) is 0 Å². The van der Waals surface area contributed by atoms with Gasteiger partial charge in [-0.05, 0) is 70.6 Å². The summed E-state index contributed by atoms with van der Waals surface area (Å²) in [7, 11) is 0. The van der Waals surface area contributed by atoms with Crippen LogP contribution in [-0.4, -0.2) is 72.7 Å². The zero-order valence-electron chi connectivity index (χ0n) is 23.6. The first-order valence-corrected chi connectivity index (χ1v) is 15.3. The van der Waals surface area contributed by atoms with Gasteiger partial charge in [0.2, 0.25) is 5.91 Å². The van der Waals surface area contributed by atoms with Gasteiger partial charge in [-0.25, -0.2) is 4.68 Å². The lowest BCUT2D eigenvalue weighted by molar-refractivity contribution is -0.126. The van der Waals surface area contributed by atoms with Crippen molar-refractivity contribution in [3.8, 4) is 17.4 Å². The molecule has 1 saturated carbocycles. The van der Waals surface area contributed by atoms with E-state index < -0.39 is 18.7 Å². The highest BCUT2D eigenvalue weighted by molar-refractivity contribution is 9.10. The highest BCUT2D eigenvalue weighted by atomic mass is 79.9. The van der Waals surface area contributed by atoms with Crippen LogP contribution in [0.4, 0.5) is 8.78 Å². The molecule has 2 aromatic heterocycles. The van der Waals surface area contributed by atoms with Gasteiger partial charge < -0.3 is 24.6 Å². The molecule has 10 nitrogen and oxygen atoms in total. The lowest BCUT2D eigenvalue weighted by atomic mass is 9.80. The fraction of sp³-hybridized carbons (Fsp3) is 0.355. The average molecular weight is 668 g/mol. The van der Waals surface area contributed by atoms with Gasteiger partial charge in [-0.15, -0.1) is 0 Å². The Kier molecular flexibility index (Phi) is 7.14. The van der Waals surface area contributed by atoms with E-state index >= 15 is 0 Å². The first-order valence-electron chi connectivity index (χ1n) is 14.5. The number of aromatic nitrogens is 4. The summed E-state index contributed by atoms with van der Waals surface area (Å²) in [5.41, 5.74) is 4.91. The summed E-state index contributed by atoms with van der Waals surface area (Å²) in [5.74, 6) is 0.00321. The van der Waals surface area contributed by atoms with Gasteiger partial charge in [0.05, 0.1) is 28.5 Å². The number of fused-ring (bicyclic) bond motifs is 1. The summed E-state index contributed by atoms with van der Waals surface area (Å²) >= 11 is 3.39. The van der Waals surface area contributed by atoms with Gasteiger partial charge in [-0.2, -0.15) is 18.9 Å². The molecule has 1 aliphatic carbocycles. The number of benzene rings is 2. The second-order valence-corrected chi connectivity index (χ2v) is 12.2. The Labute approximate surface area is 259 Å². The molecule has 1 unspecified atom stereocenters. The molecule has 2 aromatic carbocycles. The maximum Gasteiger partial charge on any atom is 0.389 e. The third kappa shape index (κ3) is 4.73. The molecule has 0 saturated heterocycles. The molecule has 2 aliphatic heterocycles. The van der Waals surface area contributed by atoms with Crippen LogP contribution in [0.2, 0.25) is 0 Å². The first kappa shape index (κ1) is 28.5. The molecule has 4 heterocycles. The fourth-order valence-electron chi connectivity index (χ4n) is 6.59. The van der Waals surface area contributed by atoms with E-state index in [1.807, 2.05) is 18.2 Å². The van der Waals surface area contributed by atoms with Crippen LogP contribution in [0.1, 0.15) is 64.1 Å². The Bertz CT molecular complexity index is 1820. The Morgan fingerprint density at radius 2 is 2.00 bits per heavy atom. The number of H-pyrrole nitrogens is 1. The number of carbonyl (C=O) groups is 2. The van der Waals surface area contributed by atoms with Gasteiger partial charge >= 0.3 is 6.61 Å². The van der Waals surface area contributed by atoms with Gasteiger partial charge in [-0.1, -0.05) is 19.1 Å². The normalized spacial score (nSPS) is 18.2. The number of alkyl halides is 2. The largest absolute Gasteiger partial charge is 0.506 e. The first-order chi connectivity index (χ1) is 21.2. The number of imidazole rings is 1. The number of amides is 2. The molecule has 4 aromatic rings. The van der Waals surface area contributed by atoms with Crippen molar-refractivity contribution in [1.82, 2.24) is 29.5 Å². The lowest BCUT2D eigenvalue weighted by Crippen LogP contribution is -2.45. The quantitative estimate of drug-likeness (QED) is 0.267. The van der Waals surface area contributed by atoms with E-state index in [4.69, 9.17) is 5.10 Å². The number of aromatic hydroxyl groups is 1. The van der Waals surface area contributed by atoms with Crippen molar-refractivity contribution in [2.24, 2.45) is 0 Å². The predicted octanol–water partition coefficient (Wildman–Crippen LogP) is 5.40. The van der Waals surface area contributed by atoms with E-state index in [1.54, 1.807) is 26.6 Å². The number of nitrogens with one attached hydrogen (secondary N) is 1. The van der Waals surface area contributed by atoms with Crippen LogP contribution in [0, 0.1) is 0 Å². The number of carbonyl (C=O) groups excluding carboxylic acids is 2. The number of phenols is 1. The molecule has 1 atom stereocenters. The van der Waals surface area contributed by atoms with Crippen molar-refractivity contribution < 1.29 is 28.2 Å². The van der Waals surface area contributed by atoms with Crippen molar-refractivity contribution in [3.63, 3.8) is 0 Å². The summed E-state index contributed by atoms with van der Waals surface area (Å²) in [6.07, 6.45) is 5.61. The van der Waals surface area contributed by atoms with Crippen molar-refractivity contribution in [3.05, 3.63) is 75.5 Å². The number of rotatable bonds is 6. The van der Waals surface area contributed by atoms with Gasteiger partial charge in [0, 0.05) is 42.5 Å². The topological polar surface area (TPSA) is 117 Å². The average Bonchev–Trinajstić information content (AvgIpc) is 3.49. The van der Waals surface area contributed by atoms with Crippen LogP contribution < -0.4 is 4.74 Å². The molecule has 0 spiro atoms. The van der Waals surface area contributed by atoms with E-state index in [0.717, 1.165) is 35.4 Å². The Morgan fingerprint density at radius 3 is 2.70 bits per heavy atom. The molecular formula is C31H29BrF2N6O4. The number of hydrogen-bond acceptors (Lipinski definition) is 6. The molecule has 2 N–H and O–H groups in total. The third-order valence-corrected chi connectivity index (χ3v) is 9.62. The summed E-state index contributed by atoms with van der Waals surface area (Å²) in [6.45, 7) is 1.45. The van der Waals surface area contributed by atoms with Crippen LogP contribution in [-0.2, 0) is 17.6 Å². The zero-order chi connectivity index (χ0) is 30.7. The minimum atomic E-state index is -3.09. The van der Waals surface area contributed by atoms with Crippen molar-refractivity contribution in [2.45, 2.75) is 50.7 Å². The highest BCUT2D eigenvalue weighted by Crippen LogP contribution is 2.42. The van der Waals surface area contributed by atoms with Crippen molar-refractivity contribution >= 4 is 38.8 Å². The Morgan fingerprint density at radius 1 is 1.18 bits per heavy atom. The number of ether oxygens (including phenoxy) is 1. The summed E-state index contributed by atoms with van der Waals surface area (Å²) in [5, 5.41) is 16.0. The standard InChI is InChI=1S/C31H29BrF2N6O4/c1-2-25(42)38-12-10-20-26-22(40(37-20)21-9-6-17(14-24(21)41)16-4-3-5-16)11-13-39(23(26)15-38)29(43)18-7-8-19(32)28-27(18)35-31(36-28)44-30(33)34/h2,6-9,14,16,23,30,41H,1,3-5,10-13,15H2,(H,35,36). The molecule has 1 fully saturated rings.